The van der Waals surface area contributed by atoms with Crippen LogP contribution < -0.4 is 0 Å². The lowest BCUT2D eigenvalue weighted by atomic mass is 10.1. The van der Waals surface area contributed by atoms with Crippen LogP contribution in [0.15, 0.2) is 5.18 Å². The molecule has 0 aliphatic carbocycles. The molecule has 0 spiro atoms. The molecule has 64 valence electrons. The summed E-state index contributed by atoms with van der Waals surface area (Å²) in [5.41, 5.74) is 0. The number of nitroso groups, excluding NO2 is 1. The highest BCUT2D eigenvalue weighted by Crippen LogP contribution is 2.25. The second-order valence-electron chi connectivity index (χ2n) is 2.87. The van der Waals surface area contributed by atoms with Crippen LogP contribution in [-0.4, -0.2) is 29.5 Å². The first kappa shape index (κ1) is 8.62. The van der Waals surface area contributed by atoms with E-state index in [9.17, 15) is 10.0 Å². The Morgan fingerprint density at radius 1 is 1.64 bits per heavy atom. The maximum Gasteiger partial charge on any atom is 0.146 e. The monoisotopic (exact) mass is 159 g/mol. The van der Waals surface area contributed by atoms with Crippen molar-refractivity contribution in [2.45, 2.75) is 44.6 Å². The van der Waals surface area contributed by atoms with Crippen molar-refractivity contribution < 1.29 is 9.84 Å². The van der Waals surface area contributed by atoms with Crippen molar-refractivity contribution in [2.24, 2.45) is 5.18 Å². The Labute approximate surface area is 65.5 Å². The molecule has 1 fully saturated rings. The maximum absolute atomic E-state index is 10.2. The van der Waals surface area contributed by atoms with Gasteiger partial charge in [-0.15, -0.1) is 0 Å². The number of aliphatic hydroxyl groups excluding tert-OH is 1. The van der Waals surface area contributed by atoms with Gasteiger partial charge in [-0.1, -0.05) is 12.1 Å². The van der Waals surface area contributed by atoms with Crippen molar-refractivity contribution in [3.8, 4) is 0 Å². The fourth-order valence-electron chi connectivity index (χ4n) is 1.42. The molecule has 4 heteroatoms. The van der Waals surface area contributed by atoms with E-state index in [0.29, 0.717) is 0 Å². The molecule has 4 unspecified atom stereocenters. The van der Waals surface area contributed by atoms with E-state index in [-0.39, 0.29) is 12.2 Å². The van der Waals surface area contributed by atoms with Crippen LogP contribution in [0.3, 0.4) is 0 Å². The molecule has 1 aliphatic rings. The first-order valence-electron chi connectivity index (χ1n) is 3.86. The van der Waals surface area contributed by atoms with E-state index in [4.69, 9.17) is 4.74 Å². The van der Waals surface area contributed by atoms with E-state index in [2.05, 4.69) is 5.18 Å². The standard InChI is InChI=1S/C7H13NO3/c1-3-5-7(9)6(8-10)4(2)11-5/h4-7,9H,3H2,1-2H3. The molecule has 0 saturated carbocycles. The number of nitrogens with zero attached hydrogens (tertiary/aromatic N) is 1. The summed E-state index contributed by atoms with van der Waals surface area (Å²) < 4.78 is 5.28. The third-order valence-electron chi connectivity index (χ3n) is 2.13. The van der Waals surface area contributed by atoms with Crippen molar-refractivity contribution in [1.29, 1.82) is 0 Å². The Morgan fingerprint density at radius 2 is 2.27 bits per heavy atom. The van der Waals surface area contributed by atoms with E-state index in [0.717, 1.165) is 6.42 Å². The van der Waals surface area contributed by atoms with Crippen molar-refractivity contribution >= 4 is 0 Å². The van der Waals surface area contributed by atoms with Gasteiger partial charge < -0.3 is 9.84 Å². The van der Waals surface area contributed by atoms with Crippen molar-refractivity contribution in [3.05, 3.63) is 4.91 Å². The molecule has 11 heavy (non-hydrogen) atoms. The fraction of sp³-hybridized carbons (Fsp3) is 1.00. The van der Waals surface area contributed by atoms with Gasteiger partial charge in [0.25, 0.3) is 0 Å². The van der Waals surface area contributed by atoms with Crippen LogP contribution in [-0.2, 0) is 4.74 Å². The molecule has 0 radical (unpaired) electrons. The van der Waals surface area contributed by atoms with Crippen LogP contribution in [0.5, 0.6) is 0 Å². The summed E-state index contributed by atoms with van der Waals surface area (Å²) in [5, 5.41) is 12.2. The van der Waals surface area contributed by atoms with Crippen molar-refractivity contribution in [1.82, 2.24) is 0 Å². The van der Waals surface area contributed by atoms with Gasteiger partial charge in [-0.05, 0) is 13.3 Å². The van der Waals surface area contributed by atoms with Gasteiger partial charge >= 0.3 is 0 Å². The molecule has 1 rings (SSSR count). The fourth-order valence-corrected chi connectivity index (χ4v) is 1.42. The molecule has 1 heterocycles. The minimum absolute atomic E-state index is 0.215. The van der Waals surface area contributed by atoms with Crippen molar-refractivity contribution in [2.75, 3.05) is 0 Å². The molecule has 1 N–H and O–H groups in total. The molecule has 0 aromatic carbocycles. The number of aliphatic hydroxyl groups is 1. The highest BCUT2D eigenvalue weighted by atomic mass is 16.5. The van der Waals surface area contributed by atoms with E-state index in [1.54, 1.807) is 6.92 Å². The zero-order valence-electron chi connectivity index (χ0n) is 6.73. The molecule has 1 saturated heterocycles. The van der Waals surface area contributed by atoms with Crippen LogP contribution in [0.2, 0.25) is 0 Å². The van der Waals surface area contributed by atoms with Crippen LogP contribution in [0, 0.1) is 4.91 Å². The van der Waals surface area contributed by atoms with E-state index < -0.39 is 12.1 Å². The second-order valence-corrected chi connectivity index (χ2v) is 2.87. The SMILES string of the molecule is CCC1OC(C)C(N=O)C1O. The van der Waals surface area contributed by atoms with Gasteiger partial charge in [-0.3, -0.25) is 0 Å². The van der Waals surface area contributed by atoms with Gasteiger partial charge in [0.2, 0.25) is 0 Å². The highest BCUT2D eigenvalue weighted by molar-refractivity contribution is 4.92. The average Bonchev–Trinajstić information content (AvgIpc) is 2.26. The second kappa shape index (κ2) is 3.28. The van der Waals surface area contributed by atoms with E-state index >= 15 is 0 Å². The highest BCUT2D eigenvalue weighted by Gasteiger charge is 2.41. The first-order valence-corrected chi connectivity index (χ1v) is 3.86. The maximum atomic E-state index is 10.2. The van der Waals surface area contributed by atoms with Crippen molar-refractivity contribution in [3.63, 3.8) is 0 Å². The normalized spacial score (nSPS) is 44.3. The van der Waals surface area contributed by atoms with Gasteiger partial charge in [0, 0.05) is 0 Å². The predicted molar refractivity (Wildman–Crippen MR) is 40.2 cm³/mol. The molecular weight excluding hydrogens is 146 g/mol. The largest absolute Gasteiger partial charge is 0.388 e. The van der Waals surface area contributed by atoms with Crippen LogP contribution in [0.4, 0.5) is 0 Å². The van der Waals surface area contributed by atoms with Gasteiger partial charge in [-0.2, -0.15) is 4.91 Å². The number of ether oxygens (including phenoxy) is 1. The van der Waals surface area contributed by atoms with Crippen LogP contribution >= 0.6 is 0 Å². The Kier molecular flexibility index (Phi) is 2.57. The van der Waals surface area contributed by atoms with E-state index in [1.165, 1.54) is 0 Å². The predicted octanol–water partition coefficient (Wildman–Crippen LogP) is 0.680. The van der Waals surface area contributed by atoms with Gasteiger partial charge in [-0.25, -0.2) is 0 Å². The van der Waals surface area contributed by atoms with E-state index in [1.807, 2.05) is 6.92 Å². The Bertz CT molecular complexity index is 151. The molecule has 0 bridgehead atoms. The molecule has 4 atom stereocenters. The first-order chi connectivity index (χ1) is 5.20. The quantitative estimate of drug-likeness (QED) is 0.603. The lowest BCUT2D eigenvalue weighted by Crippen LogP contribution is -2.29. The molecule has 1 aliphatic heterocycles. The van der Waals surface area contributed by atoms with Gasteiger partial charge in [0.15, 0.2) is 0 Å². The summed E-state index contributed by atoms with van der Waals surface area (Å²) in [6.07, 6.45) is -0.454. The summed E-state index contributed by atoms with van der Waals surface area (Å²) in [4.78, 5) is 10.2. The zero-order chi connectivity index (χ0) is 8.43. The molecular formula is C7H13NO3. The summed E-state index contributed by atoms with van der Waals surface area (Å²) in [7, 11) is 0. The Morgan fingerprint density at radius 3 is 2.55 bits per heavy atom. The molecule has 0 amide bonds. The average molecular weight is 159 g/mol. The summed E-state index contributed by atoms with van der Waals surface area (Å²) in [6, 6.07) is -0.583. The third-order valence-corrected chi connectivity index (χ3v) is 2.13. The zero-order valence-corrected chi connectivity index (χ0v) is 6.73. The third kappa shape index (κ3) is 1.41. The Hall–Kier alpha value is -0.480. The molecule has 0 aromatic rings. The molecule has 4 nitrogen and oxygen atoms in total. The lowest BCUT2D eigenvalue weighted by Gasteiger charge is -2.10. The topological polar surface area (TPSA) is 58.9 Å². The summed E-state index contributed by atoms with van der Waals surface area (Å²) in [6.45, 7) is 3.67. The van der Waals surface area contributed by atoms with Crippen LogP contribution in [0.25, 0.3) is 0 Å². The smallest absolute Gasteiger partial charge is 0.146 e. The van der Waals surface area contributed by atoms with Gasteiger partial charge in [0.1, 0.15) is 12.1 Å². The minimum atomic E-state index is -0.715. The summed E-state index contributed by atoms with van der Waals surface area (Å²) >= 11 is 0. The number of hydrogen-bond acceptors (Lipinski definition) is 4. The van der Waals surface area contributed by atoms with Gasteiger partial charge in [0.05, 0.1) is 12.2 Å². The minimum Gasteiger partial charge on any atom is -0.388 e. The number of rotatable bonds is 2. The Balaban J connectivity index is 2.62. The number of hydrogen-bond donors (Lipinski definition) is 1. The summed E-state index contributed by atoms with van der Waals surface area (Å²) in [5.74, 6) is 0. The van der Waals surface area contributed by atoms with Crippen LogP contribution in [0.1, 0.15) is 20.3 Å². The lowest BCUT2D eigenvalue weighted by molar-refractivity contribution is 0.0144. The molecule has 0 aromatic heterocycles.